The zero-order chi connectivity index (χ0) is 18.4. The molecular formula is C18H21BrFN3O3. The molecule has 3 fully saturated rings. The first-order chi connectivity index (χ1) is 12.5. The molecule has 140 valence electrons. The van der Waals surface area contributed by atoms with Crippen LogP contribution >= 0.6 is 15.9 Å². The van der Waals surface area contributed by atoms with Gasteiger partial charge in [-0.3, -0.25) is 9.69 Å². The maximum absolute atomic E-state index is 14.7. The van der Waals surface area contributed by atoms with Crippen molar-refractivity contribution in [2.75, 3.05) is 41.3 Å². The third-order valence-electron chi connectivity index (χ3n) is 5.59. The van der Waals surface area contributed by atoms with Crippen LogP contribution in [0.15, 0.2) is 18.2 Å². The molecule has 1 N–H and O–H groups in total. The van der Waals surface area contributed by atoms with E-state index in [1.165, 1.54) is 17.9 Å². The predicted molar refractivity (Wildman–Crippen MR) is 99.2 cm³/mol. The summed E-state index contributed by atoms with van der Waals surface area (Å²) in [6.45, 7) is 3.73. The minimum Gasteiger partial charge on any atom is -0.442 e. The Hall–Kier alpha value is -1.83. The molecule has 4 rings (SSSR count). The topological polar surface area (TPSA) is 61.9 Å². The largest absolute Gasteiger partial charge is 0.442 e. The van der Waals surface area contributed by atoms with Crippen molar-refractivity contribution in [3.63, 3.8) is 0 Å². The Morgan fingerprint density at radius 3 is 2.69 bits per heavy atom. The molecule has 2 heterocycles. The summed E-state index contributed by atoms with van der Waals surface area (Å²) in [6.07, 6.45) is -0.948. The summed E-state index contributed by atoms with van der Waals surface area (Å²) in [7, 11) is 0. The van der Waals surface area contributed by atoms with E-state index in [9.17, 15) is 14.0 Å². The number of cyclic esters (lactones) is 1. The highest BCUT2D eigenvalue weighted by Crippen LogP contribution is 2.53. The third kappa shape index (κ3) is 3.15. The molecule has 2 saturated heterocycles. The second-order valence-electron chi connectivity index (χ2n) is 7.24. The van der Waals surface area contributed by atoms with E-state index in [0.29, 0.717) is 29.8 Å². The molecule has 1 saturated carbocycles. The highest BCUT2D eigenvalue weighted by atomic mass is 79.9. The molecular weight excluding hydrogens is 405 g/mol. The molecule has 1 aromatic rings. The molecule has 1 aromatic carbocycles. The van der Waals surface area contributed by atoms with Gasteiger partial charge < -0.3 is 15.0 Å². The quantitative estimate of drug-likeness (QED) is 0.735. The maximum atomic E-state index is 14.7. The second kappa shape index (κ2) is 6.72. The van der Waals surface area contributed by atoms with Crippen LogP contribution in [0.4, 0.5) is 20.6 Å². The summed E-state index contributed by atoms with van der Waals surface area (Å²) < 4.78 is 19.9. The number of nitrogens with zero attached hydrogens (tertiary/aromatic N) is 2. The summed E-state index contributed by atoms with van der Waals surface area (Å²) in [5.41, 5.74) is 1.07. The minimum atomic E-state index is -0.518. The second-order valence-corrected chi connectivity index (χ2v) is 7.89. The molecule has 2 aliphatic heterocycles. The lowest BCUT2D eigenvalue weighted by Crippen LogP contribution is -2.33. The molecule has 1 aliphatic carbocycles. The van der Waals surface area contributed by atoms with Gasteiger partial charge in [-0.1, -0.05) is 15.9 Å². The van der Waals surface area contributed by atoms with E-state index in [0.717, 1.165) is 24.3 Å². The van der Waals surface area contributed by atoms with Gasteiger partial charge in [-0.15, -0.1) is 0 Å². The lowest BCUT2D eigenvalue weighted by atomic mass is 10.2. The first kappa shape index (κ1) is 17.6. The number of alkyl halides is 1. The SMILES string of the molecule is CC(=O)NC[C@H]1CN(c2ccc(N3C[C@@H]4C(CBr)[C@@H]4C3)c(F)c2)C(=O)O1. The Kier molecular flexibility index (Phi) is 4.54. The number of hydrogen-bond acceptors (Lipinski definition) is 4. The Morgan fingerprint density at radius 2 is 2.08 bits per heavy atom. The number of piperidine rings is 1. The average molecular weight is 426 g/mol. The Bertz CT molecular complexity index is 734. The van der Waals surface area contributed by atoms with E-state index >= 15 is 0 Å². The Morgan fingerprint density at radius 1 is 1.35 bits per heavy atom. The lowest BCUT2D eigenvalue weighted by Gasteiger charge is -2.23. The highest BCUT2D eigenvalue weighted by Gasteiger charge is 2.55. The maximum Gasteiger partial charge on any atom is 0.414 e. The fourth-order valence-corrected chi connectivity index (χ4v) is 5.05. The predicted octanol–water partition coefficient (Wildman–Crippen LogP) is 2.36. The van der Waals surface area contributed by atoms with Gasteiger partial charge in [-0.2, -0.15) is 0 Å². The Balaban J connectivity index is 1.42. The summed E-state index contributed by atoms with van der Waals surface area (Å²) in [6, 6.07) is 4.89. The molecule has 1 unspecified atom stereocenters. The van der Waals surface area contributed by atoms with Crippen LogP contribution in [0.1, 0.15) is 6.92 Å². The number of benzene rings is 1. The highest BCUT2D eigenvalue weighted by molar-refractivity contribution is 9.09. The number of fused-ring (bicyclic) bond motifs is 1. The van der Waals surface area contributed by atoms with Crippen molar-refractivity contribution in [1.82, 2.24) is 5.32 Å². The zero-order valence-corrected chi connectivity index (χ0v) is 16.0. The molecule has 6 nitrogen and oxygen atoms in total. The van der Waals surface area contributed by atoms with Gasteiger partial charge in [0.2, 0.25) is 5.91 Å². The first-order valence-electron chi connectivity index (χ1n) is 8.81. The van der Waals surface area contributed by atoms with Crippen molar-refractivity contribution >= 4 is 39.3 Å². The molecule has 0 bridgehead atoms. The van der Waals surface area contributed by atoms with E-state index < -0.39 is 12.2 Å². The molecule has 8 heteroatoms. The monoisotopic (exact) mass is 425 g/mol. The Labute approximate surface area is 159 Å². The van der Waals surface area contributed by atoms with E-state index in [-0.39, 0.29) is 18.3 Å². The number of halogens is 2. The minimum absolute atomic E-state index is 0.180. The van der Waals surface area contributed by atoms with Crippen molar-refractivity contribution in [3.8, 4) is 0 Å². The third-order valence-corrected chi connectivity index (χ3v) is 6.33. The summed E-state index contributed by atoms with van der Waals surface area (Å²) in [5.74, 6) is 1.56. The van der Waals surface area contributed by atoms with Gasteiger partial charge in [0.15, 0.2) is 0 Å². The van der Waals surface area contributed by atoms with Crippen LogP contribution in [0.25, 0.3) is 0 Å². The van der Waals surface area contributed by atoms with Gasteiger partial charge in [-0.25, -0.2) is 9.18 Å². The smallest absolute Gasteiger partial charge is 0.414 e. The molecule has 2 amide bonds. The van der Waals surface area contributed by atoms with Crippen molar-refractivity contribution in [2.45, 2.75) is 13.0 Å². The van der Waals surface area contributed by atoms with Gasteiger partial charge in [0.25, 0.3) is 0 Å². The molecule has 3 aliphatic rings. The molecule has 0 spiro atoms. The number of nitrogens with one attached hydrogen (secondary N) is 1. The zero-order valence-electron chi connectivity index (χ0n) is 14.5. The van der Waals surface area contributed by atoms with Crippen LogP contribution in [-0.2, 0) is 9.53 Å². The van der Waals surface area contributed by atoms with E-state index in [1.807, 2.05) is 0 Å². The van der Waals surface area contributed by atoms with Crippen LogP contribution in [0.2, 0.25) is 0 Å². The lowest BCUT2D eigenvalue weighted by molar-refractivity contribution is -0.119. The van der Waals surface area contributed by atoms with Crippen LogP contribution in [0.3, 0.4) is 0 Å². The van der Waals surface area contributed by atoms with Crippen molar-refractivity contribution in [3.05, 3.63) is 24.0 Å². The normalized spacial score (nSPS) is 29.6. The van der Waals surface area contributed by atoms with Crippen LogP contribution in [0.5, 0.6) is 0 Å². The van der Waals surface area contributed by atoms with Crippen LogP contribution < -0.4 is 15.1 Å². The van der Waals surface area contributed by atoms with Crippen molar-refractivity contribution < 1.29 is 18.7 Å². The molecule has 0 aromatic heterocycles. The number of carbonyl (C=O) groups excluding carboxylic acids is 2. The standard InChI is InChI=1S/C18H21BrFN3O3/c1-10(24)21-6-12-7-23(18(25)26-12)11-2-3-17(16(20)4-11)22-8-14-13(5-19)15(14)9-22/h2-4,12-15H,5-9H2,1H3,(H,21,24)/t12-,13?,14-,15+/m0/s1. The van der Waals surface area contributed by atoms with Gasteiger partial charge in [0.1, 0.15) is 11.9 Å². The summed E-state index contributed by atoms with van der Waals surface area (Å²) in [5, 5.41) is 3.65. The van der Waals surface area contributed by atoms with E-state index in [2.05, 4.69) is 26.1 Å². The van der Waals surface area contributed by atoms with E-state index in [1.54, 1.807) is 12.1 Å². The fraction of sp³-hybridized carbons (Fsp3) is 0.556. The fourth-order valence-electron chi connectivity index (χ4n) is 4.09. The van der Waals surface area contributed by atoms with Crippen LogP contribution in [-0.4, -0.2) is 49.6 Å². The van der Waals surface area contributed by atoms with Gasteiger partial charge in [0, 0.05) is 25.3 Å². The number of carbonyl (C=O) groups is 2. The summed E-state index contributed by atoms with van der Waals surface area (Å²) >= 11 is 3.53. The van der Waals surface area contributed by atoms with Crippen molar-refractivity contribution in [2.24, 2.45) is 17.8 Å². The van der Waals surface area contributed by atoms with Gasteiger partial charge >= 0.3 is 6.09 Å². The molecule has 26 heavy (non-hydrogen) atoms. The number of rotatable bonds is 5. The first-order valence-corrected chi connectivity index (χ1v) is 9.93. The molecule has 0 radical (unpaired) electrons. The van der Waals surface area contributed by atoms with E-state index in [4.69, 9.17) is 4.74 Å². The molecule has 4 atom stereocenters. The number of hydrogen-bond donors (Lipinski definition) is 1. The summed E-state index contributed by atoms with van der Waals surface area (Å²) in [4.78, 5) is 26.5. The number of ether oxygens (including phenoxy) is 1. The number of amides is 2. The average Bonchev–Trinajstić information content (AvgIpc) is 2.93. The van der Waals surface area contributed by atoms with Gasteiger partial charge in [0.05, 0.1) is 24.5 Å². The van der Waals surface area contributed by atoms with Crippen LogP contribution in [0, 0.1) is 23.6 Å². The van der Waals surface area contributed by atoms with Crippen molar-refractivity contribution in [1.29, 1.82) is 0 Å². The number of anilines is 2. The van der Waals surface area contributed by atoms with Gasteiger partial charge in [-0.05, 0) is 36.0 Å².